The van der Waals surface area contributed by atoms with E-state index in [1.54, 1.807) is 0 Å². The zero-order chi connectivity index (χ0) is 79.5. The SMILES string of the molecule is CCC(C)=NNc1cc(C)c(C)c(C)c1C.CCc1c(C)c2c(C)c(C)c(C)c(C)c2n1C.Cc1[nH]c2c(C)c(C)c(C)c(C)c2c1C.Cc1c(C)c(C)c2c(c1C)c(C)c(C)n2C.Cc1c(C)c(C)c2c(c1C)c(C)c(CO)n2C.Cc1cc(N)c(C)c(C)c1C.Cc1cc(NN)c(C)c(C)c1C. The first-order valence-electron chi connectivity index (χ1n) is 37.7. The van der Waals surface area contributed by atoms with Gasteiger partial charge in [0, 0.05) is 82.4 Å². The van der Waals surface area contributed by atoms with E-state index < -0.39 is 0 Å². The van der Waals surface area contributed by atoms with E-state index in [4.69, 9.17) is 11.6 Å². The molecule has 0 atom stereocenters. The molecule has 0 unspecified atom stereocenters. The monoisotopic (exact) mass is 1410 g/mol. The molecule has 4 heterocycles. The molecule has 10 nitrogen and oxygen atoms in total. The van der Waals surface area contributed by atoms with Crippen molar-refractivity contribution >= 4 is 66.4 Å². The van der Waals surface area contributed by atoms with Crippen LogP contribution < -0.4 is 22.4 Å². The van der Waals surface area contributed by atoms with Crippen LogP contribution in [-0.4, -0.2) is 29.5 Å². The summed E-state index contributed by atoms with van der Waals surface area (Å²) in [5.74, 6) is 5.39. The maximum Gasteiger partial charge on any atom is 0.0835 e. The molecule has 0 aliphatic rings. The molecule has 0 saturated carbocycles. The number of nitrogens with one attached hydrogen (secondary N) is 3. The van der Waals surface area contributed by atoms with Crippen molar-refractivity contribution in [3.63, 3.8) is 0 Å². The molecule has 4 aromatic heterocycles. The Bertz CT molecular complexity index is 4820. The molecule has 564 valence electrons. The molecule has 0 saturated heterocycles. The van der Waals surface area contributed by atoms with Gasteiger partial charge < -0.3 is 35.0 Å². The first kappa shape index (κ1) is 86.3. The van der Waals surface area contributed by atoms with Crippen LogP contribution >= 0.6 is 0 Å². The Labute approximate surface area is 629 Å². The van der Waals surface area contributed by atoms with Crippen LogP contribution in [0.2, 0.25) is 0 Å². The van der Waals surface area contributed by atoms with Crippen molar-refractivity contribution in [1.29, 1.82) is 0 Å². The number of nitrogen functional groups attached to an aromatic ring is 2. The van der Waals surface area contributed by atoms with Crippen molar-refractivity contribution < 1.29 is 5.11 Å². The zero-order valence-electron chi connectivity index (χ0n) is 72.7. The molecule has 0 amide bonds. The lowest BCUT2D eigenvalue weighted by Gasteiger charge is -2.13. The summed E-state index contributed by atoms with van der Waals surface area (Å²) in [6.45, 7) is 80.7. The van der Waals surface area contributed by atoms with Crippen molar-refractivity contribution in [2.45, 2.75) is 276 Å². The van der Waals surface area contributed by atoms with Gasteiger partial charge in [0.2, 0.25) is 0 Å². The van der Waals surface area contributed by atoms with Crippen LogP contribution in [-0.2, 0) is 34.2 Å². The summed E-state index contributed by atoms with van der Waals surface area (Å²) in [7, 11) is 6.42. The number of aliphatic hydroxyl groups excluding tert-OH is 1. The number of benzene rings is 7. The molecular weight excluding hydrogens is 1270 g/mol. The number of hydrogen-bond donors (Lipinski definition) is 6. The predicted octanol–water partition coefficient (Wildman–Crippen LogP) is 24.4. The maximum absolute atomic E-state index is 9.50. The van der Waals surface area contributed by atoms with Gasteiger partial charge in [-0.3, -0.25) is 11.3 Å². The van der Waals surface area contributed by atoms with E-state index in [2.05, 4.69) is 310 Å². The topological polar surface area (TPSA) is 139 Å². The fourth-order valence-electron chi connectivity index (χ4n) is 15.5. The number of aromatic nitrogens is 4. The van der Waals surface area contributed by atoms with Crippen LogP contribution in [0, 0.1) is 235 Å². The van der Waals surface area contributed by atoms with Gasteiger partial charge in [-0.05, 0) is 451 Å². The van der Waals surface area contributed by atoms with Crippen LogP contribution in [0.3, 0.4) is 0 Å². The number of rotatable bonds is 6. The van der Waals surface area contributed by atoms with E-state index in [1.807, 2.05) is 20.0 Å². The second kappa shape index (κ2) is 34.7. The number of hydrazone groups is 1. The lowest BCUT2D eigenvalue weighted by molar-refractivity contribution is 0.272. The van der Waals surface area contributed by atoms with Crippen molar-refractivity contribution in [2.24, 2.45) is 32.1 Å². The van der Waals surface area contributed by atoms with Gasteiger partial charge in [0.05, 0.1) is 34.5 Å². The summed E-state index contributed by atoms with van der Waals surface area (Å²) in [6, 6.07) is 6.29. The summed E-state index contributed by atoms with van der Waals surface area (Å²) in [5.41, 5.74) is 70.3. The highest BCUT2D eigenvalue weighted by Crippen LogP contribution is 2.39. The second-order valence-electron chi connectivity index (χ2n) is 30.7. The molecule has 8 N–H and O–H groups in total. The number of aromatic amines is 1. The van der Waals surface area contributed by atoms with Crippen LogP contribution in [0.25, 0.3) is 43.6 Å². The summed E-state index contributed by atoms with van der Waals surface area (Å²) in [6.07, 6.45) is 2.09. The summed E-state index contributed by atoms with van der Waals surface area (Å²) >= 11 is 0. The molecule has 0 radical (unpaired) electrons. The van der Waals surface area contributed by atoms with E-state index >= 15 is 0 Å². The van der Waals surface area contributed by atoms with Crippen LogP contribution in [0.1, 0.15) is 228 Å². The van der Waals surface area contributed by atoms with E-state index in [-0.39, 0.29) is 6.61 Å². The Morgan fingerprint density at radius 3 is 1.10 bits per heavy atom. The molecule has 104 heavy (non-hydrogen) atoms. The standard InChI is InChI=1S/C16H23N.C15H21NO.C15H21N.C14H22N2.C14H19N.C10H16N2.C10H15N/c1-8-14-13(6)15-11(4)9(2)10(3)12(5)16(15)17(14)7;1-8-9(2)11(4)15-14(10(8)3)12(5)13(7-17)16(15)6;1-8-9(2)11(4)15-14(10(8)3)12(5)13(6)16(15)7;1-7-10(3)15-16-14-8-9(2)11(4)12(5)13(14)6;1-7-8(2)10(4)14-13(9(7)3)11(5)12(6)15-14;1-6-5-10(12-11)9(4)8(3)7(6)2;1-6-5-10(11)9(4)8(3)7(6)2/h8H2,1-7H3;17H,7H2,1-6H3;1-7H3;8,16H,7H2,1-6H3;15H,1-6H3;5,12H,11H2,1-4H3;5H,11H2,1-4H3. The highest BCUT2D eigenvalue weighted by molar-refractivity contribution is 5.96. The van der Waals surface area contributed by atoms with Crippen LogP contribution in [0.15, 0.2) is 23.3 Å². The number of hydrazine groups is 1. The smallest absolute Gasteiger partial charge is 0.0835 e. The van der Waals surface area contributed by atoms with Crippen molar-refractivity contribution in [3.8, 4) is 0 Å². The number of nitrogens with two attached hydrogens (primary N) is 2. The van der Waals surface area contributed by atoms with Gasteiger partial charge in [0.15, 0.2) is 0 Å². The molecule has 11 aromatic rings. The highest BCUT2D eigenvalue weighted by atomic mass is 16.3. The Hall–Kier alpha value is -8.31. The maximum atomic E-state index is 9.50. The minimum absolute atomic E-state index is 0.105. The molecule has 7 aromatic carbocycles. The van der Waals surface area contributed by atoms with Gasteiger partial charge in [-0.15, -0.1) is 0 Å². The molecule has 0 bridgehead atoms. The first-order valence-corrected chi connectivity index (χ1v) is 37.7. The van der Waals surface area contributed by atoms with E-state index in [1.165, 1.54) is 239 Å². The average Bonchev–Trinajstić information content (AvgIpc) is 1.61. The normalized spacial score (nSPS) is 11.2. The number of H-pyrrole nitrogens is 1. The number of anilines is 3. The first-order chi connectivity index (χ1) is 48.2. The van der Waals surface area contributed by atoms with Crippen molar-refractivity contribution in [2.75, 3.05) is 16.6 Å². The lowest BCUT2D eigenvalue weighted by atomic mass is 9.94. The number of aliphatic hydroxyl groups is 1. The van der Waals surface area contributed by atoms with Crippen molar-refractivity contribution in [3.05, 3.63) is 219 Å². The molecule has 0 spiro atoms. The fourth-order valence-corrected chi connectivity index (χ4v) is 15.5. The summed E-state index contributed by atoms with van der Waals surface area (Å²) in [5, 5.41) is 19.5. The Morgan fingerprint density at radius 1 is 0.365 bits per heavy atom. The Kier molecular flexibility index (Phi) is 28.8. The third kappa shape index (κ3) is 16.5. The van der Waals surface area contributed by atoms with E-state index in [0.29, 0.717) is 0 Å². The van der Waals surface area contributed by atoms with Gasteiger partial charge in [-0.2, -0.15) is 5.10 Å². The van der Waals surface area contributed by atoms with Crippen LogP contribution in [0.5, 0.6) is 0 Å². The summed E-state index contributed by atoms with van der Waals surface area (Å²) in [4.78, 5) is 3.50. The number of fused-ring (bicyclic) bond motifs is 4. The molecule has 0 aliphatic carbocycles. The molecule has 0 aliphatic heterocycles. The third-order valence-corrected chi connectivity index (χ3v) is 25.8. The molecule has 11 rings (SSSR count). The van der Waals surface area contributed by atoms with Gasteiger partial charge in [0.25, 0.3) is 0 Å². The number of hydrogen-bond acceptors (Lipinski definition) is 6. The molecule has 0 fully saturated rings. The predicted molar refractivity (Wildman–Crippen MR) is 462 cm³/mol. The number of nitrogens with zero attached hydrogens (tertiary/aromatic N) is 4. The Morgan fingerprint density at radius 2 is 0.692 bits per heavy atom. The number of aryl methyl sites for hydroxylation is 19. The molecular formula is C94H137N9O. The van der Waals surface area contributed by atoms with Gasteiger partial charge in [0.1, 0.15) is 0 Å². The van der Waals surface area contributed by atoms with Crippen LogP contribution in [0.4, 0.5) is 17.1 Å². The average molecular weight is 1410 g/mol. The highest BCUT2D eigenvalue weighted by Gasteiger charge is 2.22. The third-order valence-electron chi connectivity index (χ3n) is 25.8. The van der Waals surface area contributed by atoms with E-state index in [0.717, 1.165) is 41.3 Å². The van der Waals surface area contributed by atoms with Gasteiger partial charge >= 0.3 is 0 Å². The van der Waals surface area contributed by atoms with Gasteiger partial charge in [-0.25, -0.2) is 0 Å². The zero-order valence-corrected chi connectivity index (χ0v) is 72.7. The van der Waals surface area contributed by atoms with E-state index in [9.17, 15) is 5.11 Å². The van der Waals surface area contributed by atoms with Crippen molar-refractivity contribution in [1.82, 2.24) is 18.7 Å². The van der Waals surface area contributed by atoms with Gasteiger partial charge in [-0.1, -0.05) is 13.8 Å². The quantitative estimate of drug-likeness (QED) is 0.0426. The minimum atomic E-state index is 0.105. The summed E-state index contributed by atoms with van der Waals surface area (Å²) < 4.78 is 6.86. The second-order valence-corrected chi connectivity index (χ2v) is 30.7. The molecule has 10 heteroatoms. The largest absolute Gasteiger partial charge is 0.398 e. The minimum Gasteiger partial charge on any atom is -0.398 e. The Balaban J connectivity index is 0.000000219. The fraction of sp³-hybridized carbons (Fsp3) is 0.457. The lowest BCUT2D eigenvalue weighted by Crippen LogP contribution is -2.09.